The second kappa shape index (κ2) is 3.48. The van der Waals surface area contributed by atoms with Crippen LogP contribution in [0.15, 0.2) is 32.9 Å². The first-order chi connectivity index (χ1) is 7.65. The standard InChI is InChI=1S/C9H6N4O3/c10-6-3-1-2-5-7(6)8(15)12-13(9(5)16)11-4-14/h1-3H,10H2,(H,12,15). The maximum atomic E-state index is 11.7. The van der Waals surface area contributed by atoms with E-state index < -0.39 is 11.1 Å². The number of hydrogen-bond donors (Lipinski definition) is 2. The van der Waals surface area contributed by atoms with E-state index in [2.05, 4.69) is 10.2 Å². The van der Waals surface area contributed by atoms with Gasteiger partial charge in [0.05, 0.1) is 10.8 Å². The lowest BCUT2D eigenvalue weighted by molar-refractivity contribution is 0.553. The van der Waals surface area contributed by atoms with Gasteiger partial charge in [-0.3, -0.25) is 9.59 Å². The highest BCUT2D eigenvalue weighted by Crippen LogP contribution is 2.12. The number of nitrogens with one attached hydrogen (secondary N) is 1. The molecule has 7 nitrogen and oxygen atoms in total. The minimum atomic E-state index is -0.634. The molecule has 0 unspecified atom stereocenters. The van der Waals surface area contributed by atoms with E-state index in [0.29, 0.717) is 4.79 Å². The van der Waals surface area contributed by atoms with Gasteiger partial charge >= 0.3 is 0 Å². The van der Waals surface area contributed by atoms with Crippen molar-refractivity contribution in [1.29, 1.82) is 0 Å². The van der Waals surface area contributed by atoms with E-state index in [1.54, 1.807) is 0 Å². The minimum Gasteiger partial charge on any atom is -0.398 e. The molecule has 80 valence electrons. The average Bonchev–Trinajstić information content (AvgIpc) is 2.25. The summed E-state index contributed by atoms with van der Waals surface area (Å²) in [7, 11) is 0. The first kappa shape index (κ1) is 9.88. The van der Waals surface area contributed by atoms with Crippen LogP contribution in [0.4, 0.5) is 5.69 Å². The van der Waals surface area contributed by atoms with Crippen LogP contribution in [-0.2, 0) is 4.79 Å². The van der Waals surface area contributed by atoms with E-state index in [1.807, 2.05) is 0 Å². The van der Waals surface area contributed by atoms with Crippen molar-refractivity contribution >= 4 is 22.5 Å². The Morgan fingerprint density at radius 3 is 2.81 bits per heavy atom. The molecule has 0 fully saturated rings. The molecule has 0 aliphatic rings. The average molecular weight is 218 g/mol. The Morgan fingerprint density at radius 1 is 1.38 bits per heavy atom. The lowest BCUT2D eigenvalue weighted by Gasteiger charge is -2.01. The number of fused-ring (bicyclic) bond motifs is 1. The van der Waals surface area contributed by atoms with E-state index in [9.17, 15) is 14.4 Å². The third-order valence-corrected chi connectivity index (χ3v) is 2.09. The first-order valence-corrected chi connectivity index (χ1v) is 4.27. The Balaban J connectivity index is 3.08. The van der Waals surface area contributed by atoms with E-state index >= 15 is 0 Å². The number of nitrogen functional groups attached to an aromatic ring is 1. The Hall–Kier alpha value is -2.66. The van der Waals surface area contributed by atoms with E-state index in [1.165, 1.54) is 24.3 Å². The van der Waals surface area contributed by atoms with Gasteiger partial charge in [0, 0.05) is 5.69 Å². The van der Waals surface area contributed by atoms with Gasteiger partial charge in [0.25, 0.3) is 17.2 Å². The Morgan fingerprint density at radius 2 is 2.12 bits per heavy atom. The van der Waals surface area contributed by atoms with E-state index in [4.69, 9.17) is 5.73 Å². The molecule has 0 bridgehead atoms. The van der Waals surface area contributed by atoms with Gasteiger partial charge in [-0.2, -0.15) is 0 Å². The fraction of sp³-hybridized carbons (Fsp3) is 0. The maximum absolute atomic E-state index is 11.7. The van der Waals surface area contributed by atoms with Crippen LogP contribution in [0.2, 0.25) is 0 Å². The third kappa shape index (κ3) is 1.32. The van der Waals surface area contributed by atoms with Crippen LogP contribution in [0.25, 0.3) is 10.8 Å². The summed E-state index contributed by atoms with van der Waals surface area (Å²) in [6.45, 7) is 0. The van der Waals surface area contributed by atoms with E-state index in [-0.39, 0.29) is 16.5 Å². The molecule has 7 heteroatoms. The largest absolute Gasteiger partial charge is 0.398 e. The summed E-state index contributed by atoms with van der Waals surface area (Å²) < 4.78 is 0. The zero-order chi connectivity index (χ0) is 11.7. The number of hydrogen-bond acceptors (Lipinski definition) is 5. The van der Waals surface area contributed by atoms with Crippen molar-refractivity contribution in [2.45, 2.75) is 0 Å². The first-order valence-electron chi connectivity index (χ1n) is 4.27. The van der Waals surface area contributed by atoms with Crippen molar-refractivity contribution in [2.75, 3.05) is 5.73 Å². The lowest BCUT2D eigenvalue weighted by atomic mass is 10.1. The zero-order valence-corrected chi connectivity index (χ0v) is 7.93. The van der Waals surface area contributed by atoms with Crippen molar-refractivity contribution < 1.29 is 4.79 Å². The second-order valence-electron chi connectivity index (χ2n) is 3.02. The Labute approximate surface area is 87.8 Å². The number of H-pyrrole nitrogens is 1. The molecule has 0 radical (unpaired) electrons. The fourth-order valence-electron chi connectivity index (χ4n) is 1.43. The monoisotopic (exact) mass is 218 g/mol. The molecule has 0 aliphatic carbocycles. The maximum Gasteiger partial charge on any atom is 0.295 e. The summed E-state index contributed by atoms with van der Waals surface area (Å²) in [5.74, 6) is 0. The van der Waals surface area contributed by atoms with Crippen molar-refractivity contribution in [3.8, 4) is 0 Å². The van der Waals surface area contributed by atoms with Crippen LogP contribution < -0.4 is 16.9 Å². The number of isocyanates is 1. The molecule has 0 atom stereocenters. The van der Waals surface area contributed by atoms with Gasteiger partial charge in [0.1, 0.15) is 0 Å². The summed E-state index contributed by atoms with van der Waals surface area (Å²) in [6, 6.07) is 4.47. The van der Waals surface area contributed by atoms with E-state index in [0.717, 1.165) is 0 Å². The number of carbonyl (C=O) groups excluding carboxylic acids is 1. The molecular weight excluding hydrogens is 212 g/mol. The summed E-state index contributed by atoms with van der Waals surface area (Å²) in [5.41, 5.74) is 4.54. The number of aromatic nitrogens is 2. The summed E-state index contributed by atoms with van der Waals surface area (Å²) in [6.07, 6.45) is 1.17. The second-order valence-corrected chi connectivity index (χ2v) is 3.02. The number of aromatic amines is 1. The molecule has 3 N–H and O–H groups in total. The molecule has 1 aromatic heterocycles. The van der Waals surface area contributed by atoms with Gasteiger partial charge in [-0.1, -0.05) is 11.2 Å². The normalized spacial score (nSPS) is 10.0. The van der Waals surface area contributed by atoms with Gasteiger partial charge in [-0.15, -0.1) is 4.79 Å². The van der Waals surface area contributed by atoms with Gasteiger partial charge in [-0.05, 0) is 12.1 Å². The fourth-order valence-corrected chi connectivity index (χ4v) is 1.43. The van der Waals surface area contributed by atoms with Crippen LogP contribution in [0.1, 0.15) is 0 Å². The molecule has 0 aliphatic heterocycles. The summed E-state index contributed by atoms with van der Waals surface area (Å²) >= 11 is 0. The van der Waals surface area contributed by atoms with Crippen LogP contribution in [-0.4, -0.2) is 16.0 Å². The van der Waals surface area contributed by atoms with Crippen molar-refractivity contribution in [2.24, 2.45) is 5.10 Å². The lowest BCUT2D eigenvalue weighted by Crippen LogP contribution is -2.27. The topological polar surface area (TPSA) is 110 Å². The molecule has 2 rings (SSSR count). The molecule has 0 amide bonds. The van der Waals surface area contributed by atoms with Gasteiger partial charge in [-0.25, -0.2) is 9.89 Å². The number of benzene rings is 1. The van der Waals surface area contributed by atoms with Gasteiger partial charge in [0.15, 0.2) is 0 Å². The minimum absolute atomic E-state index is 0.0878. The van der Waals surface area contributed by atoms with Crippen molar-refractivity contribution in [1.82, 2.24) is 9.89 Å². The Kier molecular flexibility index (Phi) is 2.15. The van der Waals surface area contributed by atoms with Crippen molar-refractivity contribution in [3.63, 3.8) is 0 Å². The molecule has 0 saturated carbocycles. The molecule has 2 aromatic rings. The number of nitrogens with two attached hydrogens (primary N) is 1. The molecule has 16 heavy (non-hydrogen) atoms. The number of anilines is 1. The summed E-state index contributed by atoms with van der Waals surface area (Å²) in [5, 5.41) is 5.34. The van der Waals surface area contributed by atoms with Crippen molar-refractivity contribution in [3.05, 3.63) is 38.9 Å². The highest BCUT2D eigenvalue weighted by Gasteiger charge is 2.08. The molecule has 1 aromatic carbocycles. The van der Waals surface area contributed by atoms with Crippen LogP contribution in [0.5, 0.6) is 0 Å². The quantitative estimate of drug-likeness (QED) is 0.377. The number of nitrogens with zero attached hydrogens (tertiary/aromatic N) is 2. The summed E-state index contributed by atoms with van der Waals surface area (Å²) in [4.78, 5) is 33.8. The predicted molar refractivity (Wildman–Crippen MR) is 56.8 cm³/mol. The van der Waals surface area contributed by atoms with Crippen LogP contribution >= 0.6 is 0 Å². The zero-order valence-electron chi connectivity index (χ0n) is 7.93. The molecule has 1 heterocycles. The van der Waals surface area contributed by atoms with Gasteiger partial charge in [0.2, 0.25) is 0 Å². The third-order valence-electron chi connectivity index (χ3n) is 2.09. The number of rotatable bonds is 1. The predicted octanol–water partition coefficient (Wildman–Crippen LogP) is -0.629. The van der Waals surface area contributed by atoms with Gasteiger partial charge < -0.3 is 5.73 Å². The highest BCUT2D eigenvalue weighted by molar-refractivity contribution is 5.91. The molecule has 0 spiro atoms. The smallest absolute Gasteiger partial charge is 0.295 e. The highest BCUT2D eigenvalue weighted by atomic mass is 16.2. The molecule has 0 saturated heterocycles. The van der Waals surface area contributed by atoms with Crippen LogP contribution in [0.3, 0.4) is 0 Å². The SMILES string of the molecule is Nc1cccc2c(=O)n(N=C=O)[nH]c(=O)c12. The van der Waals surface area contributed by atoms with Crippen LogP contribution in [0, 0.1) is 0 Å². The Bertz CT molecular complexity index is 722. The molecular formula is C9H6N4O3.